The molecule has 10 nitrogen and oxygen atoms in total. The van der Waals surface area contributed by atoms with Crippen molar-refractivity contribution in [1.29, 1.82) is 0 Å². The van der Waals surface area contributed by atoms with Crippen molar-refractivity contribution in [1.82, 2.24) is 9.62 Å². The standard InChI is InChI=1S/C22H34FN3O7S/c1-3-32-22(28)26(14-21(24)27)15-31-11-6-12-34(29,30)25-16(2)17-9-10-19(23)20(13-17)33-18-7-4-5-8-18/h9-10,13,16,18,25H,3-8,11-12,14-15H2,1-2H3,(H2,24,27)/t16-/m1/s1. The molecular formula is C22H34FN3O7S. The zero-order valence-electron chi connectivity index (χ0n) is 19.6. The van der Waals surface area contributed by atoms with Gasteiger partial charge in [0.2, 0.25) is 15.9 Å². The Bertz CT molecular complexity index is 923. The molecule has 1 atom stereocenters. The van der Waals surface area contributed by atoms with E-state index >= 15 is 0 Å². The summed E-state index contributed by atoms with van der Waals surface area (Å²) in [6.07, 6.45) is 3.26. The van der Waals surface area contributed by atoms with Crippen LogP contribution in [0.3, 0.4) is 0 Å². The lowest BCUT2D eigenvalue weighted by atomic mass is 10.1. The molecule has 34 heavy (non-hydrogen) atoms. The van der Waals surface area contributed by atoms with Gasteiger partial charge < -0.3 is 19.9 Å². The smallest absolute Gasteiger partial charge is 0.412 e. The van der Waals surface area contributed by atoms with Crippen molar-refractivity contribution in [3.05, 3.63) is 29.6 Å². The minimum Gasteiger partial charge on any atom is -0.487 e. The highest BCUT2D eigenvalue weighted by Gasteiger charge is 2.21. The highest BCUT2D eigenvalue weighted by Crippen LogP contribution is 2.28. The first-order chi connectivity index (χ1) is 16.1. The maximum atomic E-state index is 14.1. The van der Waals surface area contributed by atoms with Crippen LogP contribution in [0.2, 0.25) is 0 Å². The van der Waals surface area contributed by atoms with Crippen LogP contribution in [-0.4, -0.2) is 63.7 Å². The van der Waals surface area contributed by atoms with Crippen molar-refractivity contribution in [2.24, 2.45) is 5.73 Å². The number of nitrogens with one attached hydrogen (secondary N) is 1. The average molecular weight is 504 g/mol. The van der Waals surface area contributed by atoms with Gasteiger partial charge in [0, 0.05) is 12.6 Å². The molecule has 1 aliphatic carbocycles. The molecule has 0 bridgehead atoms. The number of benzene rings is 1. The van der Waals surface area contributed by atoms with E-state index in [1.165, 1.54) is 18.2 Å². The number of carbonyl (C=O) groups is 2. The number of amides is 2. The zero-order valence-corrected chi connectivity index (χ0v) is 20.4. The molecule has 0 unspecified atom stereocenters. The first kappa shape index (κ1) is 27.8. The maximum Gasteiger partial charge on any atom is 0.412 e. The van der Waals surface area contributed by atoms with Gasteiger partial charge in [-0.25, -0.2) is 22.3 Å². The Kier molecular flexibility index (Phi) is 11.0. The van der Waals surface area contributed by atoms with Gasteiger partial charge in [0.05, 0.1) is 18.5 Å². The Labute approximate surface area is 200 Å². The van der Waals surface area contributed by atoms with E-state index in [0.29, 0.717) is 5.56 Å². The van der Waals surface area contributed by atoms with Gasteiger partial charge in [-0.1, -0.05) is 6.07 Å². The van der Waals surface area contributed by atoms with E-state index < -0.39 is 33.9 Å². The fraction of sp³-hybridized carbons (Fsp3) is 0.636. The molecule has 0 spiro atoms. The fourth-order valence-corrected chi connectivity index (χ4v) is 4.84. The predicted molar refractivity (Wildman–Crippen MR) is 123 cm³/mol. The van der Waals surface area contributed by atoms with Gasteiger partial charge in [-0.05, 0) is 63.6 Å². The van der Waals surface area contributed by atoms with Crippen molar-refractivity contribution in [2.45, 2.75) is 58.1 Å². The highest BCUT2D eigenvalue weighted by molar-refractivity contribution is 7.89. The van der Waals surface area contributed by atoms with E-state index in [1.54, 1.807) is 13.8 Å². The highest BCUT2D eigenvalue weighted by atomic mass is 32.2. The van der Waals surface area contributed by atoms with Gasteiger partial charge in [0.25, 0.3) is 0 Å². The number of sulfonamides is 1. The molecule has 0 saturated heterocycles. The Morgan fingerprint density at radius 3 is 2.65 bits per heavy atom. The van der Waals surface area contributed by atoms with Gasteiger partial charge in [-0.3, -0.25) is 9.69 Å². The van der Waals surface area contributed by atoms with Crippen LogP contribution in [0.15, 0.2) is 18.2 Å². The van der Waals surface area contributed by atoms with E-state index in [1.807, 2.05) is 0 Å². The molecular weight excluding hydrogens is 469 g/mol. The van der Waals surface area contributed by atoms with Crippen LogP contribution in [0.1, 0.15) is 57.6 Å². The lowest BCUT2D eigenvalue weighted by molar-refractivity contribution is -0.120. The molecule has 0 heterocycles. The van der Waals surface area contributed by atoms with Crippen LogP contribution in [-0.2, 0) is 24.3 Å². The molecule has 1 fully saturated rings. The Hall–Kier alpha value is -2.44. The lowest BCUT2D eigenvalue weighted by Gasteiger charge is -2.20. The third-order valence-electron chi connectivity index (χ3n) is 5.23. The summed E-state index contributed by atoms with van der Waals surface area (Å²) in [5, 5.41) is 0. The number of nitrogens with zero attached hydrogens (tertiary/aromatic N) is 1. The van der Waals surface area contributed by atoms with Crippen molar-refractivity contribution in [3.63, 3.8) is 0 Å². The molecule has 2 rings (SSSR count). The minimum absolute atomic E-state index is 0.0144. The first-order valence-electron chi connectivity index (χ1n) is 11.3. The van der Waals surface area contributed by atoms with Crippen LogP contribution in [0.5, 0.6) is 5.75 Å². The van der Waals surface area contributed by atoms with Crippen molar-refractivity contribution >= 4 is 22.0 Å². The molecule has 1 aliphatic rings. The molecule has 3 N–H and O–H groups in total. The summed E-state index contributed by atoms with van der Waals surface area (Å²) in [5.74, 6) is -1.30. The summed E-state index contributed by atoms with van der Waals surface area (Å²) in [4.78, 5) is 23.8. The van der Waals surface area contributed by atoms with Gasteiger partial charge in [0.15, 0.2) is 11.6 Å². The predicted octanol–water partition coefficient (Wildman–Crippen LogP) is 2.44. The van der Waals surface area contributed by atoms with Crippen LogP contribution in [0.4, 0.5) is 9.18 Å². The Morgan fingerprint density at radius 1 is 1.29 bits per heavy atom. The second-order valence-electron chi connectivity index (χ2n) is 8.13. The number of nitrogens with two attached hydrogens (primary N) is 1. The zero-order chi connectivity index (χ0) is 25.1. The molecule has 1 aromatic rings. The minimum atomic E-state index is -3.66. The number of hydrogen-bond donors (Lipinski definition) is 2. The van der Waals surface area contributed by atoms with E-state index in [9.17, 15) is 22.4 Å². The van der Waals surface area contributed by atoms with E-state index in [2.05, 4.69) is 4.72 Å². The molecule has 1 aromatic carbocycles. The summed E-state index contributed by atoms with van der Waals surface area (Å²) < 4.78 is 57.5. The summed E-state index contributed by atoms with van der Waals surface area (Å²) >= 11 is 0. The van der Waals surface area contributed by atoms with Crippen LogP contribution in [0, 0.1) is 5.82 Å². The second kappa shape index (κ2) is 13.4. The summed E-state index contributed by atoms with van der Waals surface area (Å²) in [6.45, 7) is 2.81. The molecule has 192 valence electrons. The average Bonchev–Trinajstić information content (AvgIpc) is 3.26. The number of rotatable bonds is 14. The van der Waals surface area contributed by atoms with E-state index in [-0.39, 0.29) is 50.5 Å². The third-order valence-corrected chi connectivity index (χ3v) is 6.77. The van der Waals surface area contributed by atoms with Crippen molar-refractivity contribution < 1.29 is 36.6 Å². The normalized spacial score (nSPS) is 15.1. The van der Waals surface area contributed by atoms with Gasteiger partial charge >= 0.3 is 6.09 Å². The summed E-state index contributed by atoms with van der Waals surface area (Å²) in [6, 6.07) is 3.75. The summed E-state index contributed by atoms with van der Waals surface area (Å²) in [7, 11) is -3.66. The molecule has 0 radical (unpaired) electrons. The van der Waals surface area contributed by atoms with Gasteiger partial charge in [-0.15, -0.1) is 0 Å². The third kappa shape index (κ3) is 9.43. The number of hydrogen-bond acceptors (Lipinski definition) is 7. The molecule has 12 heteroatoms. The van der Waals surface area contributed by atoms with Gasteiger partial charge in [0.1, 0.15) is 13.3 Å². The number of halogens is 1. The molecule has 0 aromatic heterocycles. The Morgan fingerprint density at radius 2 is 2.00 bits per heavy atom. The van der Waals surface area contributed by atoms with Crippen LogP contribution < -0.4 is 15.2 Å². The van der Waals surface area contributed by atoms with Crippen molar-refractivity contribution in [2.75, 3.05) is 32.2 Å². The number of primary amides is 1. The first-order valence-corrected chi connectivity index (χ1v) is 13.0. The monoisotopic (exact) mass is 503 g/mol. The number of ether oxygens (including phenoxy) is 3. The Balaban J connectivity index is 1.82. The molecule has 0 aliphatic heterocycles. The lowest BCUT2D eigenvalue weighted by Crippen LogP contribution is -2.40. The maximum absolute atomic E-state index is 14.1. The number of carbonyl (C=O) groups excluding carboxylic acids is 2. The quantitative estimate of drug-likeness (QED) is 0.294. The molecule has 1 saturated carbocycles. The molecule has 2 amide bonds. The summed E-state index contributed by atoms with van der Waals surface area (Å²) in [5.41, 5.74) is 5.70. The second-order valence-corrected chi connectivity index (χ2v) is 10.0. The van der Waals surface area contributed by atoms with E-state index in [0.717, 1.165) is 30.6 Å². The van der Waals surface area contributed by atoms with Crippen molar-refractivity contribution in [3.8, 4) is 5.75 Å². The van der Waals surface area contributed by atoms with E-state index in [4.69, 9.17) is 19.9 Å². The van der Waals surface area contributed by atoms with Crippen LogP contribution in [0.25, 0.3) is 0 Å². The topological polar surface area (TPSA) is 137 Å². The van der Waals surface area contributed by atoms with Gasteiger partial charge in [-0.2, -0.15) is 0 Å². The van der Waals surface area contributed by atoms with Crippen LogP contribution >= 0.6 is 0 Å². The fourth-order valence-electron chi connectivity index (χ4n) is 3.55. The SMILES string of the molecule is CCOC(=O)N(COCCCS(=O)(=O)N[C@H](C)c1ccc(F)c(OC2CCCC2)c1)CC(N)=O. The largest absolute Gasteiger partial charge is 0.487 e.